The molecule has 2 rings (SSSR count). The van der Waals surface area contributed by atoms with E-state index in [1.54, 1.807) is 0 Å². The summed E-state index contributed by atoms with van der Waals surface area (Å²) >= 11 is 14.9. The van der Waals surface area contributed by atoms with E-state index in [4.69, 9.17) is 40.5 Å². The molecule has 0 aliphatic heterocycles. The van der Waals surface area contributed by atoms with Gasteiger partial charge in [0.1, 0.15) is 5.88 Å². The van der Waals surface area contributed by atoms with E-state index in [0.717, 1.165) is 33.6 Å². The Labute approximate surface area is 176 Å². The first-order valence-electron chi connectivity index (χ1n) is 8.12. The number of hydrogen-bond acceptors (Lipinski definition) is 3. The number of nitrogens with two attached hydrogens (primary N) is 1. The Hall–Kier alpha value is -1.75. The zero-order valence-electron chi connectivity index (χ0n) is 15.9. The van der Waals surface area contributed by atoms with E-state index >= 15 is 0 Å². The second kappa shape index (κ2) is 13.4. The minimum absolute atomic E-state index is 0.00618. The molecule has 7 heteroatoms. The summed E-state index contributed by atoms with van der Waals surface area (Å²) in [5, 5.41) is 2.25. The van der Waals surface area contributed by atoms with E-state index in [-0.39, 0.29) is 17.7 Å². The third kappa shape index (κ3) is 10.2. The van der Waals surface area contributed by atoms with Gasteiger partial charge in [0.2, 0.25) is 11.1 Å². The van der Waals surface area contributed by atoms with Gasteiger partial charge in [0, 0.05) is 11.4 Å². The Kier molecular flexibility index (Phi) is 12.6. The van der Waals surface area contributed by atoms with Gasteiger partial charge in [-0.05, 0) is 61.5 Å². The van der Waals surface area contributed by atoms with Gasteiger partial charge < -0.3 is 11.1 Å². The molecule has 0 spiro atoms. The van der Waals surface area contributed by atoms with Crippen LogP contribution in [0.2, 0.25) is 0 Å². The van der Waals surface area contributed by atoms with Crippen LogP contribution in [0.15, 0.2) is 36.4 Å². The van der Waals surface area contributed by atoms with Crippen LogP contribution in [0.1, 0.15) is 22.3 Å². The largest absolute Gasteiger partial charge is 0.398 e. The lowest BCUT2D eigenvalue weighted by Gasteiger charge is -2.09. The molecule has 0 fully saturated rings. The van der Waals surface area contributed by atoms with E-state index in [1.165, 1.54) is 0 Å². The molecule has 3 N–H and O–H groups in total. The number of benzene rings is 2. The molecule has 0 atom stereocenters. The fourth-order valence-electron chi connectivity index (χ4n) is 2.01. The van der Waals surface area contributed by atoms with Crippen molar-refractivity contribution in [3.05, 3.63) is 58.7 Å². The van der Waals surface area contributed by atoms with Crippen molar-refractivity contribution in [2.75, 3.05) is 22.8 Å². The minimum Gasteiger partial charge on any atom is -0.398 e. The van der Waals surface area contributed by atoms with Crippen LogP contribution in [0.25, 0.3) is 0 Å². The number of amides is 1. The molecule has 4 nitrogen and oxygen atoms in total. The standard InChI is InChI=1S/C10H12ClNO.C8H11N.C2H2Cl2O/c1-7-4-3-5-8(2)10(7)12-9(13)6-11;1-6-4-3-5-7(2)8(6)9;3-1-2(4)5/h3-5H,6H2,1-2H3,(H,12,13);3-5H,9H2,1-2H3;1H2. The lowest BCUT2D eigenvalue weighted by molar-refractivity contribution is -0.114. The van der Waals surface area contributed by atoms with E-state index in [0.29, 0.717) is 0 Å². The highest BCUT2D eigenvalue weighted by atomic mass is 35.5. The molecular formula is C20H25Cl3N2O2. The van der Waals surface area contributed by atoms with Crippen LogP contribution in [-0.2, 0) is 9.59 Å². The lowest BCUT2D eigenvalue weighted by Crippen LogP contribution is -2.14. The van der Waals surface area contributed by atoms with Gasteiger partial charge in [-0.3, -0.25) is 9.59 Å². The van der Waals surface area contributed by atoms with E-state index in [1.807, 2.05) is 64.1 Å². The van der Waals surface area contributed by atoms with Crippen molar-refractivity contribution >= 4 is 57.3 Å². The molecule has 0 aliphatic rings. The van der Waals surface area contributed by atoms with Crippen LogP contribution in [0.3, 0.4) is 0 Å². The quantitative estimate of drug-likeness (QED) is 0.390. The van der Waals surface area contributed by atoms with Gasteiger partial charge in [-0.25, -0.2) is 0 Å². The molecule has 0 heterocycles. The Balaban J connectivity index is 0.000000419. The molecule has 2 aromatic rings. The topological polar surface area (TPSA) is 72.2 Å². The third-order valence-corrected chi connectivity index (χ3v) is 4.27. The molecule has 0 aromatic heterocycles. The summed E-state index contributed by atoms with van der Waals surface area (Å²) in [6, 6.07) is 11.9. The van der Waals surface area contributed by atoms with Gasteiger partial charge >= 0.3 is 0 Å². The van der Waals surface area contributed by atoms with Gasteiger partial charge in [-0.2, -0.15) is 0 Å². The SMILES string of the molecule is Cc1cccc(C)c1N.Cc1cccc(C)c1NC(=O)CCl.O=C(Cl)CCl. The number of hydrogen-bond donors (Lipinski definition) is 2. The number of nitrogens with one attached hydrogen (secondary N) is 1. The maximum Gasteiger partial charge on any atom is 0.239 e. The summed E-state index contributed by atoms with van der Waals surface area (Å²) in [6.07, 6.45) is 0. The fourth-order valence-corrected chi connectivity index (χ4v) is 2.08. The molecule has 0 saturated carbocycles. The summed E-state index contributed by atoms with van der Waals surface area (Å²) in [7, 11) is 0. The third-order valence-electron chi connectivity index (χ3n) is 3.51. The monoisotopic (exact) mass is 430 g/mol. The van der Waals surface area contributed by atoms with Crippen LogP contribution in [0.4, 0.5) is 11.4 Å². The highest BCUT2D eigenvalue weighted by Gasteiger charge is 2.04. The summed E-state index contributed by atoms with van der Waals surface area (Å²) in [6.45, 7) is 7.94. The van der Waals surface area contributed by atoms with Crippen LogP contribution >= 0.6 is 34.8 Å². The van der Waals surface area contributed by atoms with Crippen molar-refractivity contribution in [3.8, 4) is 0 Å². The number of aryl methyl sites for hydroxylation is 4. The average Bonchev–Trinajstić information content (AvgIpc) is 2.63. The predicted molar refractivity (Wildman–Crippen MR) is 117 cm³/mol. The maximum atomic E-state index is 11.0. The van der Waals surface area contributed by atoms with Crippen LogP contribution in [-0.4, -0.2) is 22.9 Å². The van der Waals surface area contributed by atoms with E-state index in [2.05, 4.69) is 5.32 Å². The lowest BCUT2D eigenvalue weighted by atomic mass is 10.1. The molecule has 0 saturated heterocycles. The minimum atomic E-state index is -0.508. The molecule has 0 bridgehead atoms. The van der Waals surface area contributed by atoms with Gasteiger partial charge in [-0.1, -0.05) is 36.4 Å². The number of halogens is 3. The Morgan fingerprint density at radius 3 is 1.52 bits per heavy atom. The smallest absolute Gasteiger partial charge is 0.239 e. The molecule has 0 aliphatic carbocycles. The van der Waals surface area contributed by atoms with Crippen molar-refractivity contribution in [1.82, 2.24) is 0 Å². The average molecular weight is 432 g/mol. The van der Waals surface area contributed by atoms with Crippen molar-refractivity contribution in [1.29, 1.82) is 0 Å². The molecule has 27 heavy (non-hydrogen) atoms. The van der Waals surface area contributed by atoms with Crippen LogP contribution in [0.5, 0.6) is 0 Å². The van der Waals surface area contributed by atoms with Crippen molar-refractivity contribution in [2.45, 2.75) is 27.7 Å². The number of carbonyl (C=O) groups is 2. The number of nitrogen functional groups attached to an aromatic ring is 1. The number of anilines is 2. The highest BCUT2D eigenvalue weighted by Crippen LogP contribution is 2.19. The summed E-state index contributed by atoms with van der Waals surface area (Å²) in [4.78, 5) is 20.5. The van der Waals surface area contributed by atoms with Gasteiger partial charge in [0.25, 0.3) is 0 Å². The summed E-state index contributed by atoms with van der Waals surface area (Å²) < 4.78 is 0. The number of carbonyl (C=O) groups excluding carboxylic acids is 2. The molecule has 2 aromatic carbocycles. The van der Waals surface area contributed by atoms with E-state index in [9.17, 15) is 9.59 Å². The normalized spacial score (nSPS) is 9.30. The molecular weight excluding hydrogens is 407 g/mol. The van der Waals surface area contributed by atoms with Crippen molar-refractivity contribution in [2.24, 2.45) is 0 Å². The first kappa shape index (κ1) is 25.2. The number of alkyl halides is 2. The molecule has 0 unspecified atom stereocenters. The van der Waals surface area contributed by atoms with Crippen LogP contribution < -0.4 is 11.1 Å². The second-order valence-electron chi connectivity index (χ2n) is 5.74. The Morgan fingerprint density at radius 1 is 0.852 bits per heavy atom. The number of rotatable bonds is 3. The zero-order chi connectivity index (χ0) is 21.0. The van der Waals surface area contributed by atoms with Gasteiger partial charge in [-0.15, -0.1) is 23.2 Å². The highest BCUT2D eigenvalue weighted by molar-refractivity contribution is 6.67. The van der Waals surface area contributed by atoms with Crippen molar-refractivity contribution in [3.63, 3.8) is 0 Å². The maximum absolute atomic E-state index is 11.0. The van der Waals surface area contributed by atoms with E-state index < -0.39 is 5.24 Å². The Morgan fingerprint density at radius 2 is 1.22 bits per heavy atom. The zero-order valence-corrected chi connectivity index (χ0v) is 18.2. The molecule has 148 valence electrons. The molecule has 0 radical (unpaired) electrons. The van der Waals surface area contributed by atoms with Gasteiger partial charge in [0.15, 0.2) is 0 Å². The first-order chi connectivity index (χ1) is 12.6. The van der Waals surface area contributed by atoms with Gasteiger partial charge in [0.05, 0.1) is 5.88 Å². The second-order valence-corrected chi connectivity index (χ2v) is 6.70. The summed E-state index contributed by atoms with van der Waals surface area (Å²) in [5.41, 5.74) is 11.9. The fraction of sp³-hybridized carbons (Fsp3) is 0.300. The predicted octanol–water partition coefficient (Wildman–Crippen LogP) is 5.36. The molecule has 1 amide bonds. The first-order valence-corrected chi connectivity index (χ1v) is 9.56. The number of para-hydroxylation sites is 2. The summed E-state index contributed by atoms with van der Waals surface area (Å²) in [5.74, 6) is -0.269. The van der Waals surface area contributed by atoms with Crippen molar-refractivity contribution < 1.29 is 9.59 Å². The Bertz CT molecular complexity index is 724. The van der Waals surface area contributed by atoms with Crippen LogP contribution in [0, 0.1) is 27.7 Å².